The summed E-state index contributed by atoms with van der Waals surface area (Å²) in [6.07, 6.45) is -2.95. The number of ether oxygens (including phenoxy) is 2. The minimum atomic E-state index is -4.62. The van der Waals surface area contributed by atoms with Crippen LogP contribution in [0.2, 0.25) is 0 Å². The quantitative estimate of drug-likeness (QED) is 0.784. The van der Waals surface area contributed by atoms with E-state index in [9.17, 15) is 13.2 Å². The molecule has 3 nitrogen and oxygen atoms in total. The Bertz CT molecular complexity index is 438. The standard InChI is InChI=1S/C15H22F3NO2/c1-4-13(19)9-12-7-10(2)14(11(3)8-12)20-5-6-21-15(16,17)18/h7-8,13H,4-6,9,19H2,1-3H3. The van der Waals surface area contributed by atoms with Crippen LogP contribution in [0, 0.1) is 13.8 Å². The van der Waals surface area contributed by atoms with Crippen molar-refractivity contribution in [3.8, 4) is 5.75 Å². The lowest BCUT2D eigenvalue weighted by Gasteiger charge is -2.16. The Morgan fingerprint density at radius 2 is 1.71 bits per heavy atom. The molecule has 120 valence electrons. The first-order valence-corrected chi connectivity index (χ1v) is 6.92. The predicted molar refractivity (Wildman–Crippen MR) is 75.4 cm³/mol. The molecule has 0 aliphatic heterocycles. The highest BCUT2D eigenvalue weighted by Gasteiger charge is 2.28. The molecule has 0 saturated carbocycles. The van der Waals surface area contributed by atoms with Crippen molar-refractivity contribution in [1.29, 1.82) is 0 Å². The molecule has 1 rings (SSSR count). The fourth-order valence-electron chi connectivity index (χ4n) is 2.13. The molecular weight excluding hydrogens is 283 g/mol. The first-order chi connectivity index (χ1) is 9.73. The summed E-state index contributed by atoms with van der Waals surface area (Å²) < 4.78 is 44.6. The van der Waals surface area contributed by atoms with Crippen molar-refractivity contribution in [2.45, 2.75) is 46.0 Å². The van der Waals surface area contributed by atoms with Gasteiger partial charge in [-0.15, -0.1) is 13.2 Å². The van der Waals surface area contributed by atoms with Gasteiger partial charge in [-0.2, -0.15) is 0 Å². The Labute approximate surface area is 123 Å². The molecule has 0 fully saturated rings. The first-order valence-electron chi connectivity index (χ1n) is 6.92. The van der Waals surface area contributed by atoms with Crippen molar-refractivity contribution < 1.29 is 22.6 Å². The summed E-state index contributed by atoms with van der Waals surface area (Å²) in [5.74, 6) is 0.606. The lowest BCUT2D eigenvalue weighted by Crippen LogP contribution is -2.21. The summed E-state index contributed by atoms with van der Waals surface area (Å²) in [6.45, 7) is 5.10. The number of halogens is 3. The summed E-state index contributed by atoms with van der Waals surface area (Å²) in [4.78, 5) is 0. The second kappa shape index (κ2) is 7.66. The lowest BCUT2D eigenvalue weighted by atomic mass is 9.99. The lowest BCUT2D eigenvalue weighted by molar-refractivity contribution is -0.325. The molecule has 21 heavy (non-hydrogen) atoms. The summed E-state index contributed by atoms with van der Waals surface area (Å²) in [5, 5.41) is 0. The number of rotatable bonds is 7. The van der Waals surface area contributed by atoms with Crippen LogP contribution in [-0.2, 0) is 11.2 Å². The molecule has 1 aromatic carbocycles. The predicted octanol–water partition coefficient (Wildman–Crippen LogP) is 3.50. The maximum absolute atomic E-state index is 11.9. The molecule has 2 N–H and O–H groups in total. The van der Waals surface area contributed by atoms with E-state index >= 15 is 0 Å². The molecule has 1 unspecified atom stereocenters. The molecule has 1 atom stereocenters. The molecule has 0 aliphatic rings. The van der Waals surface area contributed by atoms with Gasteiger partial charge in [0.25, 0.3) is 0 Å². The zero-order chi connectivity index (χ0) is 16.0. The first kappa shape index (κ1) is 17.8. The number of alkyl halides is 3. The summed E-state index contributed by atoms with van der Waals surface area (Å²) in [6, 6.07) is 4.03. The van der Waals surface area contributed by atoms with Crippen molar-refractivity contribution in [2.24, 2.45) is 5.73 Å². The molecule has 0 saturated heterocycles. The van der Waals surface area contributed by atoms with E-state index in [0.717, 1.165) is 29.5 Å². The van der Waals surface area contributed by atoms with E-state index < -0.39 is 13.0 Å². The number of benzene rings is 1. The zero-order valence-corrected chi connectivity index (χ0v) is 12.6. The topological polar surface area (TPSA) is 44.5 Å². The molecule has 6 heteroatoms. The summed E-state index contributed by atoms with van der Waals surface area (Å²) in [7, 11) is 0. The van der Waals surface area contributed by atoms with Gasteiger partial charge in [0.2, 0.25) is 0 Å². The number of aryl methyl sites for hydroxylation is 2. The molecule has 0 radical (unpaired) electrons. The summed E-state index contributed by atoms with van der Waals surface area (Å²) >= 11 is 0. The van der Waals surface area contributed by atoms with E-state index in [1.807, 2.05) is 32.9 Å². The average molecular weight is 305 g/mol. The van der Waals surface area contributed by atoms with E-state index in [1.165, 1.54) is 0 Å². The van der Waals surface area contributed by atoms with Crippen LogP contribution < -0.4 is 10.5 Å². The van der Waals surface area contributed by atoms with E-state index in [4.69, 9.17) is 10.5 Å². The van der Waals surface area contributed by atoms with Crippen molar-refractivity contribution in [3.63, 3.8) is 0 Å². The second-order valence-electron chi connectivity index (χ2n) is 5.07. The Kier molecular flexibility index (Phi) is 6.48. The molecule has 0 spiro atoms. The highest BCUT2D eigenvalue weighted by molar-refractivity contribution is 5.43. The van der Waals surface area contributed by atoms with Crippen molar-refractivity contribution >= 4 is 0 Å². The van der Waals surface area contributed by atoms with Crippen LogP contribution in [0.1, 0.15) is 30.0 Å². The van der Waals surface area contributed by atoms with Gasteiger partial charge in [0.05, 0.1) is 6.61 Å². The van der Waals surface area contributed by atoms with Crippen LogP contribution in [0.3, 0.4) is 0 Å². The monoisotopic (exact) mass is 305 g/mol. The average Bonchev–Trinajstić information content (AvgIpc) is 2.35. The maximum Gasteiger partial charge on any atom is 0.522 e. The van der Waals surface area contributed by atoms with Gasteiger partial charge >= 0.3 is 6.36 Å². The highest BCUT2D eigenvalue weighted by atomic mass is 19.4. The number of nitrogens with two attached hydrogens (primary N) is 1. The maximum atomic E-state index is 11.9. The zero-order valence-electron chi connectivity index (χ0n) is 12.6. The van der Waals surface area contributed by atoms with Gasteiger partial charge in [0.1, 0.15) is 12.4 Å². The molecule has 0 heterocycles. The largest absolute Gasteiger partial charge is 0.522 e. The van der Waals surface area contributed by atoms with Crippen molar-refractivity contribution in [3.05, 3.63) is 28.8 Å². The van der Waals surface area contributed by atoms with Gasteiger partial charge in [-0.3, -0.25) is 4.74 Å². The van der Waals surface area contributed by atoms with Crippen LogP contribution in [0.25, 0.3) is 0 Å². The number of hydrogen-bond donors (Lipinski definition) is 1. The molecule has 1 aromatic rings. The van der Waals surface area contributed by atoms with Gasteiger partial charge in [-0.05, 0) is 43.4 Å². The second-order valence-corrected chi connectivity index (χ2v) is 5.07. The Balaban J connectivity index is 2.63. The fraction of sp³-hybridized carbons (Fsp3) is 0.600. The fourth-order valence-corrected chi connectivity index (χ4v) is 2.13. The molecule has 0 amide bonds. The van der Waals surface area contributed by atoms with Gasteiger partial charge in [-0.1, -0.05) is 19.1 Å². The van der Waals surface area contributed by atoms with Crippen molar-refractivity contribution in [2.75, 3.05) is 13.2 Å². The van der Waals surface area contributed by atoms with Crippen LogP contribution in [0.4, 0.5) is 13.2 Å². The third-order valence-electron chi connectivity index (χ3n) is 3.14. The molecule has 0 bridgehead atoms. The van der Waals surface area contributed by atoms with Gasteiger partial charge in [0, 0.05) is 6.04 Å². The van der Waals surface area contributed by atoms with Gasteiger partial charge in [0.15, 0.2) is 0 Å². The summed E-state index contributed by atoms with van der Waals surface area (Å²) in [5.41, 5.74) is 8.82. The molecular formula is C15H22F3NO2. The minimum Gasteiger partial charge on any atom is -0.491 e. The van der Waals surface area contributed by atoms with Crippen LogP contribution >= 0.6 is 0 Å². The van der Waals surface area contributed by atoms with E-state index in [0.29, 0.717) is 5.75 Å². The van der Waals surface area contributed by atoms with Crippen LogP contribution in [-0.4, -0.2) is 25.6 Å². The Morgan fingerprint density at radius 3 is 2.19 bits per heavy atom. The third kappa shape index (κ3) is 6.35. The van der Waals surface area contributed by atoms with Crippen LogP contribution in [0.5, 0.6) is 5.75 Å². The smallest absolute Gasteiger partial charge is 0.491 e. The molecule has 0 aliphatic carbocycles. The van der Waals surface area contributed by atoms with E-state index in [1.54, 1.807) is 0 Å². The van der Waals surface area contributed by atoms with Gasteiger partial charge in [-0.25, -0.2) is 0 Å². The highest BCUT2D eigenvalue weighted by Crippen LogP contribution is 2.26. The minimum absolute atomic E-state index is 0.107. The molecule has 0 aromatic heterocycles. The SMILES string of the molecule is CCC(N)Cc1cc(C)c(OCCOC(F)(F)F)c(C)c1. The van der Waals surface area contributed by atoms with E-state index in [-0.39, 0.29) is 12.6 Å². The van der Waals surface area contributed by atoms with Gasteiger partial charge < -0.3 is 10.5 Å². The van der Waals surface area contributed by atoms with Crippen LogP contribution in [0.15, 0.2) is 12.1 Å². The van der Waals surface area contributed by atoms with E-state index in [2.05, 4.69) is 4.74 Å². The third-order valence-corrected chi connectivity index (χ3v) is 3.14. The number of hydrogen-bond acceptors (Lipinski definition) is 3. The Morgan fingerprint density at radius 1 is 1.14 bits per heavy atom. The Hall–Kier alpha value is -1.27. The normalized spacial score (nSPS) is 13.3. The van der Waals surface area contributed by atoms with Crippen molar-refractivity contribution in [1.82, 2.24) is 0 Å².